The second-order valence-corrected chi connectivity index (χ2v) is 11.4. The molecule has 1 fully saturated rings. The lowest BCUT2D eigenvalue weighted by atomic mass is 9.76. The maximum Gasteiger partial charge on any atom is 0.492 e. The quantitative estimate of drug-likeness (QED) is 0.244. The number of hydrogen-bond acceptors (Lipinski definition) is 7. The van der Waals surface area contributed by atoms with Crippen molar-refractivity contribution in [2.75, 3.05) is 13.2 Å². The summed E-state index contributed by atoms with van der Waals surface area (Å²) in [6.07, 6.45) is 1.10. The Labute approximate surface area is 238 Å². The van der Waals surface area contributed by atoms with Gasteiger partial charge in [0.05, 0.1) is 22.3 Å². The van der Waals surface area contributed by atoms with Crippen LogP contribution in [-0.2, 0) is 18.8 Å². The smallest absolute Gasteiger partial charge is 0.449 e. The van der Waals surface area contributed by atoms with Crippen molar-refractivity contribution in [3.63, 3.8) is 0 Å². The SMILES string of the molecule is CC1(C)OB(C(=Cc2cccc3c2C(=O)OC3=O)CNC(=O)OCC2c3ccccc3-c3ccccc32)OC1(C)C. The first-order chi connectivity index (χ1) is 19.6. The molecule has 8 nitrogen and oxygen atoms in total. The molecule has 1 amide bonds. The molecule has 1 saturated heterocycles. The molecule has 3 aliphatic rings. The predicted molar refractivity (Wildman–Crippen MR) is 153 cm³/mol. The van der Waals surface area contributed by atoms with Crippen LogP contribution in [0.15, 0.2) is 72.2 Å². The van der Waals surface area contributed by atoms with Crippen molar-refractivity contribution < 1.29 is 33.2 Å². The highest BCUT2D eigenvalue weighted by Crippen LogP contribution is 2.44. The van der Waals surface area contributed by atoms with Gasteiger partial charge >= 0.3 is 25.2 Å². The van der Waals surface area contributed by atoms with Crippen molar-refractivity contribution in [2.24, 2.45) is 0 Å². The fraction of sp³-hybridized carbons (Fsp3) is 0.281. The second kappa shape index (κ2) is 10.0. The molecule has 0 bridgehead atoms. The Balaban J connectivity index is 1.22. The molecule has 0 radical (unpaired) electrons. The highest BCUT2D eigenvalue weighted by atomic mass is 16.7. The Morgan fingerprint density at radius 3 is 2.07 bits per heavy atom. The fourth-order valence-electron chi connectivity index (χ4n) is 5.50. The van der Waals surface area contributed by atoms with Crippen molar-refractivity contribution >= 4 is 31.2 Å². The number of esters is 2. The lowest BCUT2D eigenvalue weighted by Gasteiger charge is -2.32. The molecule has 3 aromatic carbocycles. The van der Waals surface area contributed by atoms with E-state index in [-0.39, 0.29) is 30.2 Å². The van der Waals surface area contributed by atoms with Gasteiger partial charge in [-0.15, -0.1) is 0 Å². The van der Waals surface area contributed by atoms with Gasteiger partial charge in [-0.1, -0.05) is 66.7 Å². The number of ether oxygens (including phenoxy) is 2. The largest absolute Gasteiger partial charge is 0.492 e. The Morgan fingerprint density at radius 1 is 0.854 bits per heavy atom. The van der Waals surface area contributed by atoms with Gasteiger partial charge in [-0.2, -0.15) is 0 Å². The number of benzene rings is 3. The van der Waals surface area contributed by atoms with Crippen molar-refractivity contribution in [1.29, 1.82) is 0 Å². The summed E-state index contributed by atoms with van der Waals surface area (Å²) in [6.45, 7) is 7.93. The molecule has 2 aliphatic heterocycles. The third-order valence-electron chi connectivity index (χ3n) is 8.38. The third kappa shape index (κ3) is 4.75. The first-order valence-electron chi connectivity index (χ1n) is 13.6. The highest BCUT2D eigenvalue weighted by molar-refractivity contribution is 6.56. The molecule has 0 unspecified atom stereocenters. The number of nitrogens with one attached hydrogen (secondary N) is 1. The van der Waals surface area contributed by atoms with Crippen LogP contribution in [0.4, 0.5) is 4.79 Å². The summed E-state index contributed by atoms with van der Waals surface area (Å²) in [5.41, 5.74) is 4.68. The molecule has 3 aromatic rings. The normalized spacial score (nSPS) is 18.5. The maximum absolute atomic E-state index is 13.0. The summed E-state index contributed by atoms with van der Waals surface area (Å²) in [7, 11) is -0.808. The molecule has 0 atom stereocenters. The van der Waals surface area contributed by atoms with E-state index in [1.807, 2.05) is 52.0 Å². The van der Waals surface area contributed by atoms with Crippen LogP contribution in [0.5, 0.6) is 0 Å². The molecular formula is C32H30BNO7. The van der Waals surface area contributed by atoms with Gasteiger partial charge in [-0.25, -0.2) is 14.4 Å². The van der Waals surface area contributed by atoms with Crippen molar-refractivity contribution in [3.8, 4) is 11.1 Å². The molecule has 6 rings (SSSR count). The lowest BCUT2D eigenvalue weighted by Crippen LogP contribution is -2.41. The monoisotopic (exact) mass is 551 g/mol. The number of alkyl carbamates (subject to hydrolysis) is 1. The zero-order chi connectivity index (χ0) is 28.9. The first-order valence-corrected chi connectivity index (χ1v) is 13.6. The number of carbonyl (C=O) groups excluding carboxylic acids is 3. The standard InChI is InChI=1S/C32H30BNO7/c1-31(2)32(3,4)41-33(40-31)20(16-19-10-9-15-25-27(19)29(36)39-28(25)35)17-34-30(37)38-18-26-23-13-7-5-11-21(23)22-12-6-8-14-24(22)26/h5-16,26H,17-18H2,1-4H3,(H,34,37). The summed E-state index contributed by atoms with van der Waals surface area (Å²) in [5.74, 6) is -1.47. The fourth-order valence-corrected chi connectivity index (χ4v) is 5.50. The van der Waals surface area contributed by atoms with E-state index < -0.39 is 36.4 Å². The van der Waals surface area contributed by atoms with Crippen LogP contribution in [0, 0.1) is 0 Å². The minimum Gasteiger partial charge on any atom is -0.449 e. The van der Waals surface area contributed by atoms with Gasteiger partial charge in [0.2, 0.25) is 0 Å². The van der Waals surface area contributed by atoms with Crippen LogP contribution < -0.4 is 5.32 Å². The highest BCUT2D eigenvalue weighted by Gasteiger charge is 2.52. The van der Waals surface area contributed by atoms with E-state index >= 15 is 0 Å². The number of carbonyl (C=O) groups is 3. The van der Waals surface area contributed by atoms with Crippen molar-refractivity contribution in [3.05, 3.63) is 100 Å². The van der Waals surface area contributed by atoms with E-state index in [9.17, 15) is 14.4 Å². The van der Waals surface area contributed by atoms with Crippen molar-refractivity contribution in [2.45, 2.75) is 44.8 Å². The van der Waals surface area contributed by atoms with Crippen LogP contribution in [0.25, 0.3) is 17.2 Å². The average molecular weight is 551 g/mol. The molecule has 9 heteroatoms. The Kier molecular flexibility index (Phi) is 6.59. The van der Waals surface area contributed by atoms with E-state index in [0.717, 1.165) is 22.3 Å². The Bertz CT molecular complexity index is 1550. The minimum absolute atomic E-state index is 0.0279. The molecule has 1 aliphatic carbocycles. The molecule has 208 valence electrons. The van der Waals surface area contributed by atoms with Crippen LogP contribution in [0.1, 0.15) is 71.0 Å². The van der Waals surface area contributed by atoms with Crippen LogP contribution in [-0.4, -0.2) is 49.5 Å². The van der Waals surface area contributed by atoms with Crippen LogP contribution >= 0.6 is 0 Å². The predicted octanol–water partition coefficient (Wildman–Crippen LogP) is 5.55. The van der Waals surface area contributed by atoms with E-state index in [1.165, 1.54) is 0 Å². The van der Waals surface area contributed by atoms with Gasteiger partial charge in [-0.3, -0.25) is 0 Å². The summed E-state index contributed by atoms with van der Waals surface area (Å²) >= 11 is 0. The number of fused-ring (bicyclic) bond motifs is 4. The molecule has 0 saturated carbocycles. The van der Waals surface area contributed by atoms with Gasteiger partial charge in [0.1, 0.15) is 6.61 Å². The lowest BCUT2D eigenvalue weighted by molar-refractivity contribution is 0.00578. The van der Waals surface area contributed by atoms with Gasteiger partial charge in [0.15, 0.2) is 0 Å². The van der Waals surface area contributed by atoms with Gasteiger partial charge in [0, 0.05) is 12.5 Å². The van der Waals surface area contributed by atoms with Gasteiger partial charge < -0.3 is 24.1 Å². The molecule has 2 heterocycles. The number of rotatable bonds is 6. The van der Waals surface area contributed by atoms with E-state index in [4.69, 9.17) is 18.8 Å². The Hall–Kier alpha value is -4.21. The minimum atomic E-state index is -0.808. The van der Waals surface area contributed by atoms with Crippen molar-refractivity contribution in [1.82, 2.24) is 5.32 Å². The molecule has 1 N–H and O–H groups in total. The number of amides is 1. The number of hydrogen-bond donors (Lipinski definition) is 1. The second-order valence-electron chi connectivity index (χ2n) is 11.4. The van der Waals surface area contributed by atoms with Crippen LogP contribution in [0.2, 0.25) is 0 Å². The van der Waals surface area contributed by atoms with Gasteiger partial charge in [-0.05, 0) is 67.1 Å². The Morgan fingerprint density at radius 2 is 1.44 bits per heavy atom. The zero-order valence-corrected chi connectivity index (χ0v) is 23.4. The van der Waals surface area contributed by atoms with Crippen LogP contribution in [0.3, 0.4) is 0 Å². The van der Waals surface area contributed by atoms with Gasteiger partial charge in [0.25, 0.3) is 0 Å². The summed E-state index contributed by atoms with van der Waals surface area (Å²) in [5, 5.41) is 2.82. The summed E-state index contributed by atoms with van der Waals surface area (Å²) < 4.78 is 23.0. The van der Waals surface area contributed by atoms with E-state index in [2.05, 4.69) is 29.6 Å². The summed E-state index contributed by atoms with van der Waals surface area (Å²) in [6, 6.07) is 21.2. The number of cyclic esters (lactones) is 2. The third-order valence-corrected chi connectivity index (χ3v) is 8.38. The van der Waals surface area contributed by atoms with E-state index in [0.29, 0.717) is 11.0 Å². The molecule has 41 heavy (non-hydrogen) atoms. The molecular weight excluding hydrogens is 521 g/mol. The molecule has 0 spiro atoms. The summed E-state index contributed by atoms with van der Waals surface area (Å²) in [4.78, 5) is 37.5. The topological polar surface area (TPSA) is 100 Å². The zero-order valence-electron chi connectivity index (χ0n) is 23.4. The average Bonchev–Trinajstić information content (AvgIpc) is 3.50. The van der Waals surface area contributed by atoms with E-state index in [1.54, 1.807) is 24.3 Å². The maximum atomic E-state index is 13.0. The first kappa shape index (κ1) is 27.0. The molecule has 0 aromatic heterocycles.